The molecule has 0 spiro atoms. The molecular weight excluding hydrogens is 304 g/mol. The smallest absolute Gasteiger partial charge is 0.0897 e. The third-order valence-corrected chi connectivity index (χ3v) is 4.66. The van der Waals surface area contributed by atoms with Gasteiger partial charge in [0.15, 0.2) is 0 Å². The van der Waals surface area contributed by atoms with Crippen molar-refractivity contribution in [2.75, 3.05) is 6.54 Å². The molecule has 86 valence electrons. The number of hydrogen-bond acceptors (Lipinski definition) is 4. The summed E-state index contributed by atoms with van der Waals surface area (Å²) < 4.78 is 1.21. The molecule has 16 heavy (non-hydrogen) atoms. The molecule has 0 unspecified atom stereocenters. The van der Waals surface area contributed by atoms with Crippen LogP contribution in [0.1, 0.15) is 15.6 Å². The van der Waals surface area contributed by atoms with Crippen molar-refractivity contribution in [2.24, 2.45) is 0 Å². The van der Waals surface area contributed by atoms with Gasteiger partial charge in [0.2, 0.25) is 0 Å². The largest absolute Gasteiger partial charge is 0.311 e. The van der Waals surface area contributed by atoms with E-state index in [9.17, 15) is 0 Å². The van der Waals surface area contributed by atoms with Gasteiger partial charge in [-0.05, 0) is 41.4 Å². The molecule has 1 N–H and O–H groups in total. The SMILES string of the molecule is Cc1nc(CNCCc2ccc(Br)s2)cs1. The highest BCUT2D eigenvalue weighted by molar-refractivity contribution is 9.11. The fourth-order valence-corrected chi connectivity index (χ4v) is 3.50. The van der Waals surface area contributed by atoms with Crippen LogP contribution in [-0.2, 0) is 13.0 Å². The lowest BCUT2D eigenvalue weighted by atomic mass is 10.3. The van der Waals surface area contributed by atoms with Gasteiger partial charge >= 0.3 is 0 Å². The number of hydrogen-bond donors (Lipinski definition) is 1. The Kier molecular flexibility index (Phi) is 4.52. The maximum Gasteiger partial charge on any atom is 0.0897 e. The summed E-state index contributed by atoms with van der Waals surface area (Å²) >= 11 is 6.98. The van der Waals surface area contributed by atoms with Gasteiger partial charge in [-0.15, -0.1) is 22.7 Å². The molecule has 0 fully saturated rings. The predicted molar refractivity (Wildman–Crippen MR) is 74.3 cm³/mol. The minimum absolute atomic E-state index is 0.872. The van der Waals surface area contributed by atoms with Crippen LogP contribution in [0.5, 0.6) is 0 Å². The minimum atomic E-state index is 0.872. The molecular formula is C11H13BrN2S2. The van der Waals surface area contributed by atoms with E-state index < -0.39 is 0 Å². The number of nitrogens with one attached hydrogen (secondary N) is 1. The van der Waals surface area contributed by atoms with Crippen LogP contribution in [-0.4, -0.2) is 11.5 Å². The van der Waals surface area contributed by atoms with Crippen molar-refractivity contribution in [3.63, 3.8) is 0 Å². The Morgan fingerprint density at radius 2 is 2.31 bits per heavy atom. The van der Waals surface area contributed by atoms with Crippen LogP contribution >= 0.6 is 38.6 Å². The second-order valence-electron chi connectivity index (χ2n) is 3.49. The van der Waals surface area contributed by atoms with Gasteiger partial charge in [-0.1, -0.05) is 0 Å². The van der Waals surface area contributed by atoms with Crippen molar-refractivity contribution in [1.29, 1.82) is 0 Å². The number of nitrogens with zero attached hydrogens (tertiary/aromatic N) is 1. The number of aromatic nitrogens is 1. The van der Waals surface area contributed by atoms with E-state index in [0.29, 0.717) is 0 Å². The number of thiophene rings is 1. The quantitative estimate of drug-likeness (QED) is 0.852. The summed E-state index contributed by atoms with van der Waals surface area (Å²) in [7, 11) is 0. The molecule has 0 atom stereocenters. The van der Waals surface area contributed by atoms with Gasteiger partial charge in [0.25, 0.3) is 0 Å². The third kappa shape index (κ3) is 3.66. The van der Waals surface area contributed by atoms with Crippen LogP contribution in [0.4, 0.5) is 0 Å². The van der Waals surface area contributed by atoms with Crippen LogP contribution in [0, 0.1) is 6.92 Å². The van der Waals surface area contributed by atoms with Crippen molar-refractivity contribution in [1.82, 2.24) is 10.3 Å². The highest BCUT2D eigenvalue weighted by atomic mass is 79.9. The zero-order chi connectivity index (χ0) is 11.4. The van der Waals surface area contributed by atoms with Crippen LogP contribution in [0.25, 0.3) is 0 Å². The van der Waals surface area contributed by atoms with Crippen molar-refractivity contribution in [3.8, 4) is 0 Å². The molecule has 0 aliphatic carbocycles. The monoisotopic (exact) mass is 316 g/mol. The number of aryl methyl sites for hydroxylation is 1. The topological polar surface area (TPSA) is 24.9 Å². The van der Waals surface area contributed by atoms with Gasteiger partial charge in [-0.2, -0.15) is 0 Å². The summed E-state index contributed by atoms with van der Waals surface area (Å²) in [5, 5.41) is 6.66. The molecule has 0 aliphatic rings. The standard InChI is InChI=1S/C11H13BrN2S2/c1-8-14-9(7-15-8)6-13-5-4-10-2-3-11(12)16-10/h2-3,7,13H,4-6H2,1H3. The minimum Gasteiger partial charge on any atom is -0.311 e. The Morgan fingerprint density at radius 1 is 1.44 bits per heavy atom. The van der Waals surface area contributed by atoms with Gasteiger partial charge in [0, 0.05) is 23.3 Å². The van der Waals surface area contributed by atoms with E-state index in [1.165, 1.54) is 8.66 Å². The lowest BCUT2D eigenvalue weighted by molar-refractivity contribution is 0.680. The summed E-state index contributed by atoms with van der Waals surface area (Å²) in [6.45, 7) is 3.91. The number of rotatable bonds is 5. The van der Waals surface area contributed by atoms with Gasteiger partial charge in [-0.25, -0.2) is 4.98 Å². The van der Waals surface area contributed by atoms with E-state index in [-0.39, 0.29) is 0 Å². The first-order valence-corrected chi connectivity index (χ1v) is 7.59. The summed E-state index contributed by atoms with van der Waals surface area (Å²) in [6, 6.07) is 4.27. The van der Waals surface area contributed by atoms with E-state index in [4.69, 9.17) is 0 Å². The highest BCUT2D eigenvalue weighted by Gasteiger charge is 1.99. The average Bonchev–Trinajstić information content (AvgIpc) is 2.83. The molecule has 0 saturated carbocycles. The zero-order valence-electron chi connectivity index (χ0n) is 9.00. The second-order valence-corrected chi connectivity index (χ2v) is 7.10. The first-order chi connectivity index (χ1) is 7.74. The van der Waals surface area contributed by atoms with Crippen molar-refractivity contribution >= 4 is 38.6 Å². The summed E-state index contributed by atoms with van der Waals surface area (Å²) in [5.41, 5.74) is 1.15. The third-order valence-electron chi connectivity index (χ3n) is 2.15. The van der Waals surface area contributed by atoms with E-state index in [1.54, 1.807) is 22.7 Å². The lowest BCUT2D eigenvalue weighted by Crippen LogP contribution is -2.16. The molecule has 5 heteroatoms. The zero-order valence-corrected chi connectivity index (χ0v) is 12.2. The molecule has 2 nitrogen and oxygen atoms in total. The van der Waals surface area contributed by atoms with Crippen LogP contribution in [0.2, 0.25) is 0 Å². The molecule has 0 amide bonds. The maximum atomic E-state index is 4.41. The van der Waals surface area contributed by atoms with E-state index in [0.717, 1.165) is 30.2 Å². The molecule has 2 aromatic rings. The number of thiazole rings is 1. The van der Waals surface area contributed by atoms with Gasteiger partial charge in [-0.3, -0.25) is 0 Å². The van der Waals surface area contributed by atoms with Crippen LogP contribution < -0.4 is 5.32 Å². The Labute approximate surface area is 112 Å². The van der Waals surface area contributed by atoms with E-state index in [2.05, 4.69) is 43.7 Å². The molecule has 0 bridgehead atoms. The Hall–Kier alpha value is -0.230. The van der Waals surface area contributed by atoms with Crippen LogP contribution in [0.15, 0.2) is 21.3 Å². The average molecular weight is 317 g/mol. The van der Waals surface area contributed by atoms with E-state index >= 15 is 0 Å². The molecule has 0 aromatic carbocycles. The Morgan fingerprint density at radius 3 is 2.94 bits per heavy atom. The first kappa shape index (κ1) is 12.2. The molecule has 0 saturated heterocycles. The summed E-state index contributed by atoms with van der Waals surface area (Å²) in [4.78, 5) is 5.82. The molecule has 0 aliphatic heterocycles. The second kappa shape index (κ2) is 5.91. The van der Waals surface area contributed by atoms with Crippen molar-refractivity contribution in [3.05, 3.63) is 36.9 Å². The molecule has 2 aromatic heterocycles. The Balaban J connectivity index is 1.69. The van der Waals surface area contributed by atoms with Gasteiger partial charge < -0.3 is 5.32 Å². The van der Waals surface area contributed by atoms with E-state index in [1.807, 2.05) is 6.92 Å². The fraction of sp³-hybridized carbons (Fsp3) is 0.364. The maximum absolute atomic E-state index is 4.41. The predicted octanol–water partition coefficient (Wildman–Crippen LogP) is 3.61. The summed E-state index contributed by atoms with van der Waals surface area (Å²) in [6.07, 6.45) is 1.08. The molecule has 0 radical (unpaired) electrons. The molecule has 2 heterocycles. The fourth-order valence-electron chi connectivity index (χ4n) is 1.40. The molecule has 2 rings (SSSR count). The van der Waals surface area contributed by atoms with Gasteiger partial charge in [0.05, 0.1) is 14.5 Å². The normalized spacial score (nSPS) is 10.9. The highest BCUT2D eigenvalue weighted by Crippen LogP contribution is 2.22. The Bertz CT molecular complexity index is 408. The lowest BCUT2D eigenvalue weighted by Gasteiger charge is -2.00. The number of halogens is 1. The van der Waals surface area contributed by atoms with Crippen molar-refractivity contribution < 1.29 is 0 Å². The first-order valence-electron chi connectivity index (χ1n) is 5.10. The van der Waals surface area contributed by atoms with Crippen molar-refractivity contribution in [2.45, 2.75) is 19.9 Å². The van der Waals surface area contributed by atoms with Gasteiger partial charge in [0.1, 0.15) is 0 Å². The van der Waals surface area contributed by atoms with Crippen LogP contribution in [0.3, 0.4) is 0 Å². The summed E-state index contributed by atoms with van der Waals surface area (Å²) in [5.74, 6) is 0.